The van der Waals surface area contributed by atoms with E-state index >= 15 is 0 Å². The van der Waals surface area contributed by atoms with Crippen LogP contribution < -0.4 is 10.9 Å². The molecule has 0 radical (unpaired) electrons. The SMILES string of the molecule is Cc1cc(O)c2c(C)c(CC(=O)Nc3ccc(F)cc3F)c(=O)oc2c1. The normalized spacial score (nSPS) is 10.9. The molecule has 7 heteroatoms. The molecule has 3 rings (SSSR count). The third-order valence-electron chi connectivity index (χ3n) is 4.04. The number of phenolic OH excluding ortho intramolecular Hbond substituents is 1. The van der Waals surface area contributed by atoms with Crippen molar-refractivity contribution >= 4 is 22.6 Å². The van der Waals surface area contributed by atoms with Crippen LogP contribution in [0.2, 0.25) is 0 Å². The van der Waals surface area contributed by atoms with Crippen molar-refractivity contribution in [3.63, 3.8) is 0 Å². The van der Waals surface area contributed by atoms with Gasteiger partial charge in [0.15, 0.2) is 0 Å². The van der Waals surface area contributed by atoms with Gasteiger partial charge in [-0.15, -0.1) is 0 Å². The fourth-order valence-electron chi connectivity index (χ4n) is 2.81. The van der Waals surface area contributed by atoms with Gasteiger partial charge >= 0.3 is 5.63 Å². The molecule has 0 unspecified atom stereocenters. The van der Waals surface area contributed by atoms with Crippen molar-refractivity contribution < 1.29 is 23.1 Å². The monoisotopic (exact) mass is 359 g/mol. The van der Waals surface area contributed by atoms with E-state index in [0.29, 0.717) is 17.0 Å². The Hall–Kier alpha value is -3.22. The number of carbonyl (C=O) groups is 1. The first-order chi connectivity index (χ1) is 12.3. The molecule has 0 bridgehead atoms. The number of rotatable bonds is 3. The van der Waals surface area contributed by atoms with Gasteiger partial charge in [-0.3, -0.25) is 4.79 Å². The average molecular weight is 359 g/mol. The molecule has 3 aromatic rings. The molecule has 0 aliphatic rings. The summed E-state index contributed by atoms with van der Waals surface area (Å²) in [5, 5.41) is 12.8. The molecule has 0 saturated carbocycles. The Morgan fingerprint density at radius 3 is 2.62 bits per heavy atom. The molecule has 2 N–H and O–H groups in total. The molecular formula is C19H15F2NO4. The number of amides is 1. The second-order valence-corrected chi connectivity index (χ2v) is 6.00. The first-order valence-electron chi connectivity index (χ1n) is 7.77. The highest BCUT2D eigenvalue weighted by molar-refractivity contribution is 5.94. The molecule has 0 spiro atoms. The predicted octanol–water partition coefficient (Wildman–Crippen LogP) is 3.57. The van der Waals surface area contributed by atoms with Crippen LogP contribution in [0.15, 0.2) is 39.5 Å². The van der Waals surface area contributed by atoms with E-state index in [1.54, 1.807) is 19.9 Å². The summed E-state index contributed by atoms with van der Waals surface area (Å²) in [5.74, 6) is -2.42. The van der Waals surface area contributed by atoms with E-state index in [1.807, 2.05) is 0 Å². The molecular weight excluding hydrogens is 344 g/mol. The van der Waals surface area contributed by atoms with Crippen LogP contribution in [-0.2, 0) is 11.2 Å². The van der Waals surface area contributed by atoms with E-state index in [4.69, 9.17) is 4.42 Å². The fraction of sp³-hybridized carbons (Fsp3) is 0.158. The van der Waals surface area contributed by atoms with E-state index < -0.39 is 23.2 Å². The van der Waals surface area contributed by atoms with Crippen LogP contribution in [0.25, 0.3) is 11.0 Å². The number of carbonyl (C=O) groups excluding carboxylic acids is 1. The minimum absolute atomic E-state index is 0.0525. The Bertz CT molecular complexity index is 1090. The van der Waals surface area contributed by atoms with Crippen molar-refractivity contribution in [3.8, 4) is 5.75 Å². The third kappa shape index (κ3) is 3.28. The van der Waals surface area contributed by atoms with Crippen molar-refractivity contribution in [2.75, 3.05) is 5.32 Å². The Morgan fingerprint density at radius 1 is 1.19 bits per heavy atom. The maximum Gasteiger partial charge on any atom is 0.340 e. The van der Waals surface area contributed by atoms with Crippen LogP contribution in [-0.4, -0.2) is 11.0 Å². The number of benzene rings is 2. The van der Waals surface area contributed by atoms with Crippen LogP contribution >= 0.6 is 0 Å². The smallest absolute Gasteiger partial charge is 0.340 e. The van der Waals surface area contributed by atoms with E-state index in [2.05, 4.69) is 5.32 Å². The highest BCUT2D eigenvalue weighted by Crippen LogP contribution is 2.30. The van der Waals surface area contributed by atoms with Gasteiger partial charge in [0.2, 0.25) is 5.91 Å². The van der Waals surface area contributed by atoms with Gasteiger partial charge in [-0.2, -0.15) is 0 Å². The number of hydrogen-bond donors (Lipinski definition) is 2. The molecule has 0 saturated heterocycles. The van der Waals surface area contributed by atoms with Gasteiger partial charge in [-0.25, -0.2) is 13.6 Å². The molecule has 1 amide bonds. The Balaban J connectivity index is 1.95. The fourth-order valence-corrected chi connectivity index (χ4v) is 2.81. The molecule has 0 aliphatic heterocycles. The number of aromatic hydroxyl groups is 1. The quantitative estimate of drug-likeness (QED) is 0.701. The molecule has 0 atom stereocenters. The molecule has 1 aromatic heterocycles. The predicted molar refractivity (Wildman–Crippen MR) is 92.3 cm³/mol. The van der Waals surface area contributed by atoms with Crippen molar-refractivity contribution in [2.24, 2.45) is 0 Å². The van der Waals surface area contributed by atoms with Crippen molar-refractivity contribution in [1.29, 1.82) is 0 Å². The molecule has 2 aromatic carbocycles. The summed E-state index contributed by atoms with van der Waals surface area (Å²) in [6.07, 6.45) is -0.381. The highest BCUT2D eigenvalue weighted by Gasteiger charge is 2.18. The lowest BCUT2D eigenvalue weighted by Crippen LogP contribution is -2.21. The van der Waals surface area contributed by atoms with Gasteiger partial charge in [0.1, 0.15) is 23.0 Å². The lowest BCUT2D eigenvalue weighted by molar-refractivity contribution is -0.115. The summed E-state index contributed by atoms with van der Waals surface area (Å²) >= 11 is 0. The maximum absolute atomic E-state index is 13.6. The molecule has 134 valence electrons. The average Bonchev–Trinajstić information content (AvgIpc) is 2.53. The summed E-state index contributed by atoms with van der Waals surface area (Å²) in [4.78, 5) is 24.4. The minimum atomic E-state index is -0.922. The number of fused-ring (bicyclic) bond motifs is 1. The topological polar surface area (TPSA) is 79.5 Å². The molecule has 5 nitrogen and oxygen atoms in total. The van der Waals surface area contributed by atoms with E-state index in [1.165, 1.54) is 6.07 Å². The van der Waals surface area contributed by atoms with Crippen LogP contribution in [0.1, 0.15) is 16.7 Å². The second-order valence-electron chi connectivity index (χ2n) is 6.00. The Kier molecular flexibility index (Phi) is 4.46. The van der Waals surface area contributed by atoms with Gasteiger partial charge in [0, 0.05) is 6.07 Å². The van der Waals surface area contributed by atoms with E-state index in [9.17, 15) is 23.5 Å². The molecule has 26 heavy (non-hydrogen) atoms. The van der Waals surface area contributed by atoms with Crippen LogP contribution in [0, 0.1) is 25.5 Å². The largest absolute Gasteiger partial charge is 0.507 e. The molecule has 1 heterocycles. The van der Waals surface area contributed by atoms with Gasteiger partial charge in [0.25, 0.3) is 0 Å². The first-order valence-corrected chi connectivity index (χ1v) is 7.77. The molecule has 0 fully saturated rings. The van der Waals surface area contributed by atoms with Crippen LogP contribution in [0.4, 0.5) is 14.5 Å². The maximum atomic E-state index is 13.6. The van der Waals surface area contributed by atoms with Crippen LogP contribution in [0.3, 0.4) is 0 Å². The van der Waals surface area contributed by atoms with E-state index in [0.717, 1.165) is 17.7 Å². The van der Waals surface area contributed by atoms with Gasteiger partial charge < -0.3 is 14.8 Å². The summed E-state index contributed by atoms with van der Waals surface area (Å²) in [5.41, 5.74) is 0.487. The second kappa shape index (κ2) is 6.59. The first kappa shape index (κ1) is 17.6. The summed E-state index contributed by atoms with van der Waals surface area (Å²) in [6, 6.07) is 5.88. The number of phenols is 1. The Morgan fingerprint density at radius 2 is 1.92 bits per heavy atom. The van der Waals surface area contributed by atoms with E-state index in [-0.39, 0.29) is 29.0 Å². The zero-order chi connectivity index (χ0) is 19.0. The zero-order valence-corrected chi connectivity index (χ0v) is 14.0. The standard InChI is InChI=1S/C19H15F2NO4/c1-9-5-15(23)18-10(2)12(19(25)26-16(18)6-9)8-17(24)22-14-4-3-11(20)7-13(14)21/h3-7,23H,8H2,1-2H3,(H,22,24). The van der Waals surface area contributed by atoms with Gasteiger partial charge in [-0.1, -0.05) is 0 Å². The lowest BCUT2D eigenvalue weighted by atomic mass is 10.0. The van der Waals surface area contributed by atoms with Crippen LogP contribution in [0.5, 0.6) is 5.75 Å². The van der Waals surface area contributed by atoms with Gasteiger partial charge in [-0.05, 0) is 49.2 Å². The van der Waals surface area contributed by atoms with Crippen molar-refractivity contribution in [2.45, 2.75) is 20.3 Å². The zero-order valence-electron chi connectivity index (χ0n) is 14.0. The lowest BCUT2D eigenvalue weighted by Gasteiger charge is -2.10. The number of aryl methyl sites for hydroxylation is 2. The van der Waals surface area contributed by atoms with Gasteiger partial charge in [0.05, 0.1) is 23.1 Å². The highest BCUT2D eigenvalue weighted by atomic mass is 19.1. The number of anilines is 1. The Labute approximate surface area is 146 Å². The number of halogens is 2. The summed E-state index contributed by atoms with van der Waals surface area (Å²) < 4.78 is 31.8. The number of nitrogens with one attached hydrogen (secondary N) is 1. The summed E-state index contributed by atoms with van der Waals surface area (Å²) in [7, 11) is 0. The summed E-state index contributed by atoms with van der Waals surface area (Å²) in [6.45, 7) is 3.34. The minimum Gasteiger partial charge on any atom is -0.507 e. The van der Waals surface area contributed by atoms with Crippen molar-refractivity contribution in [3.05, 3.63) is 69.1 Å². The molecule has 0 aliphatic carbocycles. The van der Waals surface area contributed by atoms with Crippen molar-refractivity contribution in [1.82, 2.24) is 0 Å². The third-order valence-corrected chi connectivity index (χ3v) is 4.04. The number of hydrogen-bond acceptors (Lipinski definition) is 4.